The molecule has 1 aliphatic rings. The number of allylic oxidation sites excluding steroid dienone is 4. The van der Waals surface area contributed by atoms with E-state index in [2.05, 4.69) is 15.9 Å². The minimum atomic E-state index is -1.82. The maximum Gasteiger partial charge on any atom is 0.233 e. The maximum absolute atomic E-state index is 13.3. The van der Waals surface area contributed by atoms with Crippen LogP contribution in [0.3, 0.4) is 0 Å². The van der Waals surface area contributed by atoms with Crippen molar-refractivity contribution in [3.05, 3.63) is 24.3 Å². The summed E-state index contributed by atoms with van der Waals surface area (Å²) in [7, 11) is 0. The first kappa shape index (κ1) is 8.94. The Kier molecular flexibility index (Phi) is 2.50. The van der Waals surface area contributed by atoms with Crippen molar-refractivity contribution in [3.8, 4) is 0 Å². The summed E-state index contributed by atoms with van der Waals surface area (Å²) in [5.74, 6) is -0.922. The lowest BCUT2D eigenvalue weighted by molar-refractivity contribution is -0.115. The highest BCUT2D eigenvalue weighted by molar-refractivity contribution is 9.10. The van der Waals surface area contributed by atoms with Crippen molar-refractivity contribution in [1.29, 1.82) is 0 Å². The van der Waals surface area contributed by atoms with Crippen LogP contribution in [0.5, 0.6) is 0 Å². The summed E-state index contributed by atoms with van der Waals surface area (Å²) >= 11 is 7.90. The fraction of sp³-hybridized carbons (Fsp3) is 0.286. The third-order valence-corrected chi connectivity index (χ3v) is 2.38. The van der Waals surface area contributed by atoms with Crippen LogP contribution in [0.1, 0.15) is 0 Å². The predicted molar refractivity (Wildman–Crippen MR) is 45.4 cm³/mol. The number of halogens is 3. The molecular formula is C7H5BrClFO. The molecule has 4 heteroatoms. The summed E-state index contributed by atoms with van der Waals surface area (Å²) in [6.45, 7) is 0. The van der Waals surface area contributed by atoms with E-state index in [1.807, 2.05) is 0 Å². The summed E-state index contributed by atoms with van der Waals surface area (Å²) in [4.78, 5) is 10.6. The molecule has 0 aromatic heterocycles. The number of rotatable bonds is 1. The van der Waals surface area contributed by atoms with E-state index in [0.29, 0.717) is 0 Å². The first-order chi connectivity index (χ1) is 5.04. The van der Waals surface area contributed by atoms with Gasteiger partial charge in [-0.2, -0.15) is 0 Å². The molecule has 11 heavy (non-hydrogen) atoms. The van der Waals surface area contributed by atoms with Crippen LogP contribution in [-0.2, 0) is 4.79 Å². The smallest absolute Gasteiger partial charge is 0.233 e. The number of carbonyl (C=O) groups excluding carboxylic acids is 1. The summed E-state index contributed by atoms with van der Waals surface area (Å²) in [5.41, 5.74) is 0. The van der Waals surface area contributed by atoms with Gasteiger partial charge in [0.2, 0.25) is 5.24 Å². The second-order valence-electron chi connectivity index (χ2n) is 2.20. The summed E-state index contributed by atoms with van der Waals surface area (Å²) in [6.07, 6.45) is 5.77. The Morgan fingerprint density at radius 2 is 2.27 bits per heavy atom. The van der Waals surface area contributed by atoms with Crippen LogP contribution >= 0.6 is 27.5 Å². The van der Waals surface area contributed by atoms with Gasteiger partial charge in [-0.25, -0.2) is 4.39 Å². The Labute approximate surface area is 77.0 Å². The lowest BCUT2D eigenvalue weighted by atomic mass is 10.0. The molecule has 0 N–H and O–H groups in total. The van der Waals surface area contributed by atoms with Crippen molar-refractivity contribution in [2.24, 2.45) is 5.92 Å². The minimum absolute atomic E-state index is 0.704. The van der Waals surface area contributed by atoms with E-state index >= 15 is 0 Å². The van der Waals surface area contributed by atoms with E-state index < -0.39 is 15.7 Å². The number of alkyl halides is 2. The molecule has 0 saturated heterocycles. The van der Waals surface area contributed by atoms with Crippen LogP contribution in [0.15, 0.2) is 24.3 Å². The Bertz CT molecular complexity index is 235. The van der Waals surface area contributed by atoms with E-state index in [1.54, 1.807) is 6.08 Å². The van der Waals surface area contributed by atoms with Gasteiger partial charge in [0.1, 0.15) is 0 Å². The lowest BCUT2D eigenvalue weighted by Gasteiger charge is -2.21. The molecule has 1 aliphatic carbocycles. The third kappa shape index (κ3) is 1.91. The second kappa shape index (κ2) is 3.07. The normalized spacial score (nSPS) is 35.7. The Balaban J connectivity index is 2.89. The van der Waals surface area contributed by atoms with Gasteiger partial charge in [-0.15, -0.1) is 0 Å². The highest BCUT2D eigenvalue weighted by Crippen LogP contribution is 2.35. The molecule has 0 heterocycles. The highest BCUT2D eigenvalue weighted by atomic mass is 79.9. The summed E-state index contributed by atoms with van der Waals surface area (Å²) in [6, 6.07) is 0. The molecule has 0 amide bonds. The largest absolute Gasteiger partial charge is 0.280 e. The van der Waals surface area contributed by atoms with E-state index in [9.17, 15) is 9.18 Å². The van der Waals surface area contributed by atoms with Gasteiger partial charge < -0.3 is 0 Å². The Morgan fingerprint density at radius 1 is 1.64 bits per heavy atom. The third-order valence-electron chi connectivity index (χ3n) is 1.39. The molecular weight excluding hydrogens is 234 g/mol. The number of hydrogen-bond acceptors (Lipinski definition) is 1. The van der Waals surface area contributed by atoms with Gasteiger partial charge >= 0.3 is 0 Å². The first-order valence-corrected chi connectivity index (χ1v) is 4.14. The van der Waals surface area contributed by atoms with Crippen LogP contribution in [-0.4, -0.2) is 9.82 Å². The molecule has 2 unspecified atom stereocenters. The summed E-state index contributed by atoms with van der Waals surface area (Å²) < 4.78 is 11.4. The molecule has 1 nitrogen and oxygen atoms in total. The highest BCUT2D eigenvalue weighted by Gasteiger charge is 2.37. The van der Waals surface area contributed by atoms with Crippen LogP contribution in [0.2, 0.25) is 0 Å². The van der Waals surface area contributed by atoms with E-state index in [1.165, 1.54) is 18.2 Å². The van der Waals surface area contributed by atoms with Gasteiger partial charge in [-0.3, -0.25) is 4.79 Å². The van der Waals surface area contributed by atoms with E-state index in [4.69, 9.17) is 11.6 Å². The van der Waals surface area contributed by atoms with Crippen molar-refractivity contribution >= 4 is 32.8 Å². The fourth-order valence-corrected chi connectivity index (χ4v) is 1.69. The SMILES string of the molecule is O=C(Cl)C1C=CC=CC1(F)Br. The molecule has 0 aromatic carbocycles. The summed E-state index contributed by atoms with van der Waals surface area (Å²) in [5, 5.41) is -0.704. The standard InChI is InChI=1S/C7H5BrClFO/c8-7(10)4-2-1-3-5(7)6(9)11/h1-5H. The van der Waals surface area contributed by atoms with E-state index in [0.717, 1.165) is 0 Å². The fourth-order valence-electron chi connectivity index (χ4n) is 0.818. The van der Waals surface area contributed by atoms with Gasteiger partial charge in [-0.05, 0) is 33.6 Å². The van der Waals surface area contributed by atoms with Gasteiger partial charge in [0.15, 0.2) is 4.58 Å². The molecule has 0 fully saturated rings. The lowest BCUT2D eigenvalue weighted by Crippen LogP contribution is -2.28. The minimum Gasteiger partial charge on any atom is -0.280 e. The Hall–Kier alpha value is -0.150. The van der Waals surface area contributed by atoms with Crippen LogP contribution in [0.25, 0.3) is 0 Å². The predicted octanol–water partition coefficient (Wildman–Crippen LogP) is 2.55. The van der Waals surface area contributed by atoms with Gasteiger partial charge in [0.05, 0.1) is 5.92 Å². The molecule has 0 saturated carbocycles. The number of carbonyl (C=O) groups is 1. The van der Waals surface area contributed by atoms with Crippen molar-refractivity contribution in [2.45, 2.75) is 4.58 Å². The zero-order chi connectivity index (χ0) is 8.48. The first-order valence-electron chi connectivity index (χ1n) is 2.97. The molecule has 60 valence electrons. The molecule has 0 spiro atoms. The van der Waals surface area contributed by atoms with Crippen LogP contribution < -0.4 is 0 Å². The monoisotopic (exact) mass is 238 g/mol. The van der Waals surface area contributed by atoms with Gasteiger partial charge in [0, 0.05) is 0 Å². The van der Waals surface area contributed by atoms with Crippen molar-refractivity contribution < 1.29 is 9.18 Å². The molecule has 0 aromatic rings. The topological polar surface area (TPSA) is 17.1 Å². The van der Waals surface area contributed by atoms with Crippen molar-refractivity contribution in [1.82, 2.24) is 0 Å². The average molecular weight is 239 g/mol. The van der Waals surface area contributed by atoms with Gasteiger partial charge in [-0.1, -0.05) is 18.2 Å². The molecule has 1 rings (SSSR count). The van der Waals surface area contributed by atoms with Crippen LogP contribution in [0, 0.1) is 5.92 Å². The molecule has 0 aliphatic heterocycles. The quantitative estimate of drug-likeness (QED) is 0.508. The zero-order valence-electron chi connectivity index (χ0n) is 5.43. The van der Waals surface area contributed by atoms with Crippen molar-refractivity contribution in [2.75, 3.05) is 0 Å². The molecule has 0 bridgehead atoms. The Morgan fingerprint density at radius 3 is 2.64 bits per heavy atom. The zero-order valence-corrected chi connectivity index (χ0v) is 7.77. The molecule has 0 radical (unpaired) electrons. The van der Waals surface area contributed by atoms with E-state index in [-0.39, 0.29) is 0 Å². The maximum atomic E-state index is 13.3. The second-order valence-corrected chi connectivity index (χ2v) is 3.79. The molecule has 2 atom stereocenters. The number of hydrogen-bond donors (Lipinski definition) is 0. The van der Waals surface area contributed by atoms with Gasteiger partial charge in [0.25, 0.3) is 0 Å². The van der Waals surface area contributed by atoms with Crippen LogP contribution in [0.4, 0.5) is 4.39 Å². The average Bonchev–Trinajstić information content (AvgIpc) is 1.85. The van der Waals surface area contributed by atoms with Crippen molar-refractivity contribution in [3.63, 3.8) is 0 Å².